The van der Waals surface area contributed by atoms with Crippen molar-refractivity contribution in [1.82, 2.24) is 25.1 Å². The molecule has 0 saturated carbocycles. The van der Waals surface area contributed by atoms with E-state index in [0.29, 0.717) is 25.5 Å². The number of nitrogens with two attached hydrogens (primary N) is 1. The van der Waals surface area contributed by atoms with E-state index >= 15 is 0 Å². The molecule has 1 aliphatic carbocycles. The third-order valence-electron chi connectivity index (χ3n) is 5.78. The highest BCUT2D eigenvalue weighted by Gasteiger charge is 2.22. The van der Waals surface area contributed by atoms with E-state index in [1.165, 1.54) is 29.7 Å². The molecule has 8 heteroatoms. The highest BCUT2D eigenvalue weighted by atomic mass is 32.1. The van der Waals surface area contributed by atoms with Crippen LogP contribution in [0, 0.1) is 0 Å². The number of rotatable bonds is 6. The minimum atomic E-state index is 0.0531. The van der Waals surface area contributed by atoms with E-state index in [1.807, 2.05) is 11.3 Å². The van der Waals surface area contributed by atoms with E-state index in [-0.39, 0.29) is 5.91 Å². The average molecular weight is 415 g/mol. The second-order valence-electron chi connectivity index (χ2n) is 7.91. The van der Waals surface area contributed by atoms with E-state index in [1.54, 1.807) is 6.08 Å². The Bertz CT molecular complexity index is 887. The molecular weight excluding hydrogens is 384 g/mol. The molecule has 0 atom stereocenters. The Morgan fingerprint density at radius 1 is 1.14 bits per heavy atom. The smallest absolute Gasteiger partial charge is 0.234 e. The summed E-state index contributed by atoms with van der Waals surface area (Å²) in [6, 6.07) is 0. The number of fused-ring (bicyclic) bond motifs is 3. The molecule has 1 aliphatic heterocycles. The molecule has 7 nitrogen and oxygen atoms in total. The first-order valence-corrected chi connectivity index (χ1v) is 11.3. The first-order chi connectivity index (χ1) is 14.1. The average Bonchev–Trinajstić information content (AvgIpc) is 2.90. The van der Waals surface area contributed by atoms with Crippen molar-refractivity contribution >= 4 is 33.3 Å². The Hall–Kier alpha value is -2.03. The molecule has 4 rings (SSSR count). The first kappa shape index (κ1) is 20.3. The van der Waals surface area contributed by atoms with Gasteiger partial charge >= 0.3 is 0 Å². The topological polar surface area (TPSA) is 87.4 Å². The van der Waals surface area contributed by atoms with Crippen molar-refractivity contribution in [2.24, 2.45) is 0 Å². The lowest BCUT2D eigenvalue weighted by Crippen LogP contribution is -2.49. The maximum absolute atomic E-state index is 11.9. The van der Waals surface area contributed by atoms with Gasteiger partial charge in [-0.3, -0.25) is 14.6 Å². The van der Waals surface area contributed by atoms with E-state index in [2.05, 4.69) is 26.7 Å². The zero-order chi connectivity index (χ0) is 20.2. The number of carbonyl (C=O) groups excluding carboxylic acids is 1. The summed E-state index contributed by atoms with van der Waals surface area (Å²) in [5, 5.41) is 3.94. The number of thiophene rings is 1. The second kappa shape index (κ2) is 9.19. The quantitative estimate of drug-likeness (QED) is 0.555. The number of nitrogens with one attached hydrogen (secondary N) is 1. The first-order valence-electron chi connectivity index (χ1n) is 10.5. The van der Waals surface area contributed by atoms with Gasteiger partial charge in [0.25, 0.3) is 0 Å². The molecule has 29 heavy (non-hydrogen) atoms. The summed E-state index contributed by atoms with van der Waals surface area (Å²) in [5.74, 6) is 1.50. The number of aryl methyl sites for hydroxylation is 2. The van der Waals surface area contributed by atoms with Gasteiger partial charge in [-0.1, -0.05) is 12.5 Å². The minimum absolute atomic E-state index is 0.0531. The van der Waals surface area contributed by atoms with Gasteiger partial charge in [-0.05, 0) is 31.2 Å². The van der Waals surface area contributed by atoms with E-state index in [0.717, 1.165) is 55.1 Å². The molecule has 0 aromatic carbocycles. The van der Waals surface area contributed by atoms with E-state index in [4.69, 9.17) is 10.7 Å². The maximum atomic E-state index is 11.9. The van der Waals surface area contributed by atoms with Gasteiger partial charge in [-0.2, -0.15) is 0 Å². The molecule has 0 bridgehead atoms. The summed E-state index contributed by atoms with van der Waals surface area (Å²) < 4.78 is 0. The molecule has 0 spiro atoms. The lowest BCUT2D eigenvalue weighted by molar-refractivity contribution is -0.122. The van der Waals surface area contributed by atoms with Crippen LogP contribution in [-0.2, 0) is 24.2 Å². The SMILES string of the molecule is C=CCNC(=O)CN1CCN(Cc2nc(N)c3c4c(sc3n2)CCCCC4)CC1. The summed E-state index contributed by atoms with van der Waals surface area (Å²) >= 11 is 1.81. The standard InChI is InChI=1S/C21H30N6OS/c1-2-8-23-18(28)14-27-11-9-26(10-12-27)13-17-24-20(22)19-15-6-4-3-5-7-16(15)29-21(19)25-17/h2H,1,3-14H2,(H,23,28)(H2,22,24,25). The van der Waals surface area contributed by atoms with Crippen LogP contribution < -0.4 is 11.1 Å². The van der Waals surface area contributed by atoms with E-state index < -0.39 is 0 Å². The largest absolute Gasteiger partial charge is 0.383 e. The van der Waals surface area contributed by atoms with Gasteiger partial charge < -0.3 is 11.1 Å². The zero-order valence-electron chi connectivity index (χ0n) is 17.0. The Morgan fingerprint density at radius 3 is 2.69 bits per heavy atom. The summed E-state index contributed by atoms with van der Waals surface area (Å²) in [6.45, 7) is 8.83. The monoisotopic (exact) mass is 414 g/mol. The fraction of sp³-hybridized carbons (Fsp3) is 0.571. The molecule has 2 aromatic rings. The lowest BCUT2D eigenvalue weighted by Gasteiger charge is -2.33. The van der Waals surface area contributed by atoms with Gasteiger partial charge in [0.1, 0.15) is 16.5 Å². The maximum Gasteiger partial charge on any atom is 0.234 e. The number of nitrogen functional groups attached to an aromatic ring is 1. The van der Waals surface area contributed by atoms with Crippen molar-refractivity contribution in [2.75, 3.05) is 45.0 Å². The number of anilines is 1. The normalized spacial score (nSPS) is 18.3. The van der Waals surface area contributed by atoms with Crippen molar-refractivity contribution in [1.29, 1.82) is 0 Å². The zero-order valence-corrected chi connectivity index (χ0v) is 17.8. The molecule has 1 amide bonds. The predicted octanol–water partition coefficient (Wildman–Crippen LogP) is 1.96. The molecular formula is C21H30N6OS. The highest BCUT2D eigenvalue weighted by Crippen LogP contribution is 2.37. The molecule has 1 fully saturated rings. The number of nitrogens with zero attached hydrogens (tertiary/aromatic N) is 4. The lowest BCUT2D eigenvalue weighted by atomic mass is 10.1. The second-order valence-corrected chi connectivity index (χ2v) is 9.00. The highest BCUT2D eigenvalue weighted by molar-refractivity contribution is 7.19. The van der Waals surface area contributed by atoms with Gasteiger partial charge in [0, 0.05) is 37.6 Å². The summed E-state index contributed by atoms with van der Waals surface area (Å²) in [7, 11) is 0. The van der Waals surface area contributed by atoms with Gasteiger partial charge in [-0.15, -0.1) is 17.9 Å². The van der Waals surface area contributed by atoms with Crippen molar-refractivity contribution < 1.29 is 4.79 Å². The number of piperazine rings is 1. The van der Waals surface area contributed by atoms with Crippen LogP contribution in [0.5, 0.6) is 0 Å². The fourth-order valence-corrected chi connectivity index (χ4v) is 5.52. The number of aromatic nitrogens is 2. The summed E-state index contributed by atoms with van der Waals surface area (Å²) in [5.41, 5.74) is 7.77. The van der Waals surface area contributed by atoms with Crippen LogP contribution in [0.25, 0.3) is 10.2 Å². The van der Waals surface area contributed by atoms with Crippen molar-refractivity contribution in [2.45, 2.75) is 38.6 Å². The van der Waals surface area contributed by atoms with Crippen molar-refractivity contribution in [3.8, 4) is 0 Å². The number of hydrogen-bond donors (Lipinski definition) is 2. The van der Waals surface area contributed by atoms with Crippen LogP contribution in [0.4, 0.5) is 5.82 Å². The van der Waals surface area contributed by atoms with Gasteiger partial charge in [0.15, 0.2) is 0 Å². The van der Waals surface area contributed by atoms with Crippen LogP contribution in [0.3, 0.4) is 0 Å². The Balaban J connectivity index is 1.38. The predicted molar refractivity (Wildman–Crippen MR) is 118 cm³/mol. The molecule has 2 aromatic heterocycles. The number of hydrogen-bond acceptors (Lipinski definition) is 7. The molecule has 156 valence electrons. The molecule has 3 N–H and O–H groups in total. The molecule has 0 unspecified atom stereocenters. The molecule has 1 saturated heterocycles. The van der Waals surface area contributed by atoms with Crippen LogP contribution >= 0.6 is 11.3 Å². The molecule has 3 heterocycles. The van der Waals surface area contributed by atoms with Crippen LogP contribution in [0.15, 0.2) is 12.7 Å². The van der Waals surface area contributed by atoms with Crippen LogP contribution in [-0.4, -0.2) is 64.9 Å². The van der Waals surface area contributed by atoms with Crippen LogP contribution in [0.1, 0.15) is 35.5 Å². The number of carbonyl (C=O) groups is 1. The molecule has 2 aliphatic rings. The van der Waals surface area contributed by atoms with Gasteiger partial charge in [-0.25, -0.2) is 9.97 Å². The Morgan fingerprint density at radius 2 is 1.90 bits per heavy atom. The third kappa shape index (κ3) is 4.76. The van der Waals surface area contributed by atoms with Crippen molar-refractivity contribution in [3.63, 3.8) is 0 Å². The summed E-state index contributed by atoms with van der Waals surface area (Å²) in [4.78, 5) is 28.4. The van der Waals surface area contributed by atoms with Crippen LogP contribution in [0.2, 0.25) is 0 Å². The summed E-state index contributed by atoms with van der Waals surface area (Å²) in [6.07, 6.45) is 7.73. The Kier molecular flexibility index (Phi) is 6.42. The minimum Gasteiger partial charge on any atom is -0.383 e. The Labute approximate surface area is 176 Å². The fourth-order valence-electron chi connectivity index (χ4n) is 4.23. The van der Waals surface area contributed by atoms with Gasteiger partial charge in [0.2, 0.25) is 5.91 Å². The van der Waals surface area contributed by atoms with E-state index in [9.17, 15) is 4.79 Å². The number of amides is 1. The van der Waals surface area contributed by atoms with Gasteiger partial charge in [0.05, 0.1) is 18.5 Å². The third-order valence-corrected chi connectivity index (χ3v) is 6.97. The molecule has 0 radical (unpaired) electrons. The van der Waals surface area contributed by atoms with Crippen molar-refractivity contribution in [3.05, 3.63) is 28.9 Å².